The summed E-state index contributed by atoms with van der Waals surface area (Å²) >= 11 is 0. The van der Waals surface area contributed by atoms with Gasteiger partial charge in [0.2, 0.25) is 0 Å². The average molecular weight is 300 g/mol. The molecule has 0 aromatic rings. The minimum Gasteiger partial charge on any atom is -0.384 e. The van der Waals surface area contributed by atoms with Crippen molar-refractivity contribution in [1.82, 2.24) is 0 Å². The van der Waals surface area contributed by atoms with Crippen LogP contribution in [0.4, 0.5) is 0 Å². The van der Waals surface area contributed by atoms with Gasteiger partial charge in [-0.15, -0.1) is 0 Å². The normalized spacial score (nSPS) is 18.4. The summed E-state index contributed by atoms with van der Waals surface area (Å²) in [5.41, 5.74) is -0.119. The molecule has 1 saturated carbocycles. The molecule has 0 aromatic heterocycles. The molecule has 21 heavy (non-hydrogen) atoms. The van der Waals surface area contributed by atoms with Crippen molar-refractivity contribution in [2.45, 2.75) is 65.9 Å². The van der Waals surface area contributed by atoms with E-state index in [2.05, 4.69) is 34.6 Å². The number of hydrogen-bond acceptors (Lipinski definition) is 3. The monoisotopic (exact) mass is 300 g/mol. The molecular weight excluding hydrogens is 264 g/mol. The van der Waals surface area contributed by atoms with Crippen molar-refractivity contribution in [1.29, 1.82) is 0 Å². The maximum atomic E-state index is 6.45. The summed E-state index contributed by atoms with van der Waals surface area (Å²) in [6.07, 6.45) is 5.28. The van der Waals surface area contributed by atoms with Crippen LogP contribution in [0.2, 0.25) is 0 Å². The summed E-state index contributed by atoms with van der Waals surface area (Å²) < 4.78 is 17.5. The van der Waals surface area contributed by atoms with E-state index < -0.39 is 0 Å². The van der Waals surface area contributed by atoms with Gasteiger partial charge in [-0.05, 0) is 38.0 Å². The molecule has 0 amide bonds. The van der Waals surface area contributed by atoms with Crippen molar-refractivity contribution >= 4 is 0 Å². The van der Waals surface area contributed by atoms with Crippen LogP contribution in [-0.2, 0) is 14.2 Å². The Balaban J connectivity index is 2.80. The molecule has 1 aliphatic carbocycles. The van der Waals surface area contributed by atoms with E-state index >= 15 is 0 Å². The van der Waals surface area contributed by atoms with Crippen LogP contribution in [0.1, 0.15) is 60.3 Å². The highest BCUT2D eigenvalue weighted by molar-refractivity contribution is 4.92. The van der Waals surface area contributed by atoms with Crippen molar-refractivity contribution < 1.29 is 14.2 Å². The Morgan fingerprint density at radius 3 is 1.67 bits per heavy atom. The van der Waals surface area contributed by atoms with E-state index in [1.54, 1.807) is 14.2 Å². The quantitative estimate of drug-likeness (QED) is 0.669. The summed E-state index contributed by atoms with van der Waals surface area (Å²) in [6.45, 7) is 13.2. The van der Waals surface area contributed by atoms with Gasteiger partial charge >= 0.3 is 0 Å². The Kier molecular flexibility index (Phi) is 6.70. The highest BCUT2D eigenvalue weighted by Gasteiger charge is 2.45. The Hall–Kier alpha value is -0.120. The van der Waals surface area contributed by atoms with Crippen LogP contribution in [0.25, 0.3) is 0 Å². The van der Waals surface area contributed by atoms with E-state index in [9.17, 15) is 0 Å². The van der Waals surface area contributed by atoms with Crippen LogP contribution < -0.4 is 0 Å². The molecule has 1 aliphatic rings. The van der Waals surface area contributed by atoms with E-state index in [1.807, 2.05) is 0 Å². The Bertz CT molecular complexity index is 292. The zero-order valence-corrected chi connectivity index (χ0v) is 15.3. The van der Waals surface area contributed by atoms with Crippen molar-refractivity contribution in [2.75, 3.05) is 34.0 Å². The lowest BCUT2D eigenvalue weighted by atomic mass is 9.67. The molecule has 0 radical (unpaired) electrons. The third-order valence-electron chi connectivity index (χ3n) is 5.49. The van der Waals surface area contributed by atoms with Gasteiger partial charge in [-0.2, -0.15) is 0 Å². The minimum absolute atomic E-state index is 0.0603. The van der Waals surface area contributed by atoms with Crippen LogP contribution in [-0.4, -0.2) is 39.6 Å². The first-order valence-corrected chi connectivity index (χ1v) is 8.30. The fourth-order valence-corrected chi connectivity index (χ4v) is 3.39. The van der Waals surface area contributed by atoms with Gasteiger partial charge in [-0.3, -0.25) is 0 Å². The average Bonchev–Trinajstić information content (AvgIpc) is 2.89. The van der Waals surface area contributed by atoms with Gasteiger partial charge in [0, 0.05) is 19.6 Å². The van der Waals surface area contributed by atoms with Crippen molar-refractivity contribution in [3.63, 3.8) is 0 Å². The summed E-state index contributed by atoms with van der Waals surface area (Å²) in [5, 5.41) is 0. The Morgan fingerprint density at radius 1 is 0.810 bits per heavy atom. The molecule has 0 bridgehead atoms. The molecule has 1 rings (SSSR count). The van der Waals surface area contributed by atoms with E-state index in [0.717, 1.165) is 0 Å². The molecule has 0 aliphatic heterocycles. The lowest BCUT2D eigenvalue weighted by Gasteiger charge is -2.46. The van der Waals surface area contributed by atoms with E-state index in [0.29, 0.717) is 25.7 Å². The SMILES string of the molecule is COCC(COC)(COC(C)(C)C1CCCC1)C(C)(C)C. The molecule has 0 unspecified atom stereocenters. The van der Waals surface area contributed by atoms with E-state index in [4.69, 9.17) is 14.2 Å². The van der Waals surface area contributed by atoms with E-state index in [1.165, 1.54) is 25.7 Å². The fourth-order valence-electron chi connectivity index (χ4n) is 3.39. The van der Waals surface area contributed by atoms with Crippen LogP contribution >= 0.6 is 0 Å². The second-order valence-corrected chi connectivity index (χ2v) is 8.27. The zero-order valence-electron chi connectivity index (χ0n) is 15.3. The predicted molar refractivity (Wildman–Crippen MR) is 87.6 cm³/mol. The third-order valence-corrected chi connectivity index (χ3v) is 5.49. The lowest BCUT2D eigenvalue weighted by Crippen LogP contribution is -2.49. The summed E-state index contributed by atoms with van der Waals surface area (Å²) in [7, 11) is 3.52. The number of rotatable bonds is 8. The lowest BCUT2D eigenvalue weighted by molar-refractivity contribution is -0.156. The first-order chi connectivity index (χ1) is 9.68. The first-order valence-electron chi connectivity index (χ1n) is 8.30. The van der Waals surface area contributed by atoms with Crippen LogP contribution in [0, 0.1) is 16.7 Å². The second kappa shape index (κ2) is 7.43. The van der Waals surface area contributed by atoms with Gasteiger partial charge in [-0.25, -0.2) is 0 Å². The molecule has 0 aromatic carbocycles. The van der Waals surface area contributed by atoms with Gasteiger partial charge < -0.3 is 14.2 Å². The number of methoxy groups -OCH3 is 2. The zero-order chi connectivity index (χ0) is 16.1. The molecule has 0 heterocycles. The number of hydrogen-bond donors (Lipinski definition) is 0. The molecule has 1 fully saturated rings. The largest absolute Gasteiger partial charge is 0.384 e. The van der Waals surface area contributed by atoms with Crippen LogP contribution in [0.15, 0.2) is 0 Å². The highest BCUT2D eigenvalue weighted by atomic mass is 16.5. The van der Waals surface area contributed by atoms with Crippen molar-refractivity contribution in [2.24, 2.45) is 16.7 Å². The van der Waals surface area contributed by atoms with Gasteiger partial charge in [0.25, 0.3) is 0 Å². The molecule has 0 N–H and O–H groups in total. The minimum atomic E-state index is -0.119. The highest BCUT2D eigenvalue weighted by Crippen LogP contribution is 2.42. The topological polar surface area (TPSA) is 27.7 Å². The summed E-state index contributed by atoms with van der Waals surface area (Å²) in [5.74, 6) is 0.681. The molecule has 0 spiro atoms. The first kappa shape index (κ1) is 18.9. The summed E-state index contributed by atoms with van der Waals surface area (Å²) in [6, 6.07) is 0. The van der Waals surface area contributed by atoms with Crippen LogP contribution in [0.5, 0.6) is 0 Å². The second-order valence-electron chi connectivity index (χ2n) is 8.27. The van der Waals surface area contributed by atoms with Crippen molar-refractivity contribution in [3.05, 3.63) is 0 Å². The fraction of sp³-hybridized carbons (Fsp3) is 1.00. The van der Waals surface area contributed by atoms with Crippen molar-refractivity contribution in [3.8, 4) is 0 Å². The Morgan fingerprint density at radius 2 is 1.29 bits per heavy atom. The molecule has 0 saturated heterocycles. The van der Waals surface area contributed by atoms with Gasteiger partial charge in [-0.1, -0.05) is 33.6 Å². The third kappa shape index (κ3) is 4.67. The molecule has 3 nitrogen and oxygen atoms in total. The smallest absolute Gasteiger partial charge is 0.0654 e. The maximum absolute atomic E-state index is 6.45. The standard InChI is InChI=1S/C18H36O3/c1-16(2,3)18(12-19-6,13-20-7)14-21-17(4,5)15-10-8-9-11-15/h15H,8-14H2,1-7H3. The van der Waals surface area contributed by atoms with Gasteiger partial charge in [0.1, 0.15) is 0 Å². The van der Waals surface area contributed by atoms with Gasteiger partial charge in [0.05, 0.1) is 25.4 Å². The molecule has 126 valence electrons. The number of ether oxygens (including phenoxy) is 3. The van der Waals surface area contributed by atoms with E-state index in [-0.39, 0.29) is 16.4 Å². The summed E-state index contributed by atoms with van der Waals surface area (Å²) in [4.78, 5) is 0. The van der Waals surface area contributed by atoms with Crippen LogP contribution in [0.3, 0.4) is 0 Å². The molecule has 3 heteroatoms. The predicted octanol–water partition coefficient (Wildman–Crippen LogP) is 4.30. The maximum Gasteiger partial charge on any atom is 0.0654 e. The van der Waals surface area contributed by atoms with Gasteiger partial charge in [0.15, 0.2) is 0 Å². The molecular formula is C18H36O3. The Labute approximate surface area is 131 Å². The molecule has 0 atom stereocenters.